The summed E-state index contributed by atoms with van der Waals surface area (Å²) in [5, 5.41) is 17.6. The molecular formula is C15H16FN5O2S. The largest absolute Gasteiger partial charge is 0.349 e. The molecule has 7 nitrogen and oxygen atoms in total. The number of benzene rings is 1. The van der Waals surface area contributed by atoms with E-state index in [2.05, 4.69) is 10.2 Å². The van der Waals surface area contributed by atoms with Crippen molar-refractivity contribution in [1.82, 2.24) is 15.0 Å². The Morgan fingerprint density at radius 2 is 2.17 bits per heavy atom. The van der Waals surface area contributed by atoms with Gasteiger partial charge in [0.25, 0.3) is 0 Å². The quantitative estimate of drug-likeness (QED) is 0.826. The summed E-state index contributed by atoms with van der Waals surface area (Å²) in [6.45, 7) is 2.33. The molecule has 0 N–H and O–H groups in total. The van der Waals surface area contributed by atoms with Crippen molar-refractivity contribution >= 4 is 15.7 Å². The summed E-state index contributed by atoms with van der Waals surface area (Å²) in [5.74, 6) is -0.0733. The lowest BCUT2D eigenvalue weighted by Gasteiger charge is -2.26. The van der Waals surface area contributed by atoms with Gasteiger partial charge in [-0.25, -0.2) is 12.8 Å². The summed E-state index contributed by atoms with van der Waals surface area (Å²) in [6, 6.07) is 7.70. The molecule has 1 fully saturated rings. The van der Waals surface area contributed by atoms with Crippen LogP contribution in [0.15, 0.2) is 24.3 Å². The van der Waals surface area contributed by atoms with Gasteiger partial charge in [-0.2, -0.15) is 5.26 Å². The molecular weight excluding hydrogens is 333 g/mol. The topological polar surface area (TPSA) is 91.9 Å². The van der Waals surface area contributed by atoms with Crippen LogP contribution in [0.4, 0.5) is 10.2 Å². The van der Waals surface area contributed by atoms with Crippen LogP contribution in [0.2, 0.25) is 0 Å². The monoisotopic (exact) mass is 349 g/mol. The fraction of sp³-hybridized carbons (Fsp3) is 0.400. The molecule has 0 bridgehead atoms. The van der Waals surface area contributed by atoms with Gasteiger partial charge in [-0.3, -0.25) is 0 Å². The lowest BCUT2D eigenvalue weighted by Crippen LogP contribution is -2.37. The third-order valence-electron chi connectivity index (χ3n) is 4.03. The Morgan fingerprint density at radius 3 is 2.75 bits per heavy atom. The smallest absolute Gasteiger partial charge is 0.207 e. The Morgan fingerprint density at radius 1 is 1.42 bits per heavy atom. The van der Waals surface area contributed by atoms with Crippen LogP contribution in [0.25, 0.3) is 5.69 Å². The van der Waals surface area contributed by atoms with Crippen molar-refractivity contribution in [1.29, 1.82) is 5.26 Å². The zero-order chi connectivity index (χ0) is 17.3. The van der Waals surface area contributed by atoms with Crippen LogP contribution in [0, 0.1) is 17.1 Å². The molecule has 0 amide bonds. The van der Waals surface area contributed by atoms with Gasteiger partial charge in [-0.15, -0.1) is 15.0 Å². The molecule has 2 aromatic rings. The third-order valence-corrected chi connectivity index (χ3v) is 5.78. The second-order valence-electron chi connectivity index (χ2n) is 5.57. The molecule has 0 aliphatic carbocycles. The van der Waals surface area contributed by atoms with Crippen LogP contribution in [0.1, 0.15) is 19.0 Å². The number of nitrogens with zero attached hydrogens (tertiary/aromatic N) is 5. The summed E-state index contributed by atoms with van der Waals surface area (Å²) < 4.78 is 37.4. The Bertz CT molecular complexity index is 903. The summed E-state index contributed by atoms with van der Waals surface area (Å²) >= 11 is 0. The van der Waals surface area contributed by atoms with Crippen molar-refractivity contribution < 1.29 is 12.8 Å². The second-order valence-corrected chi connectivity index (χ2v) is 7.80. The summed E-state index contributed by atoms with van der Waals surface area (Å²) in [6.07, 6.45) is 0.480. The first-order valence-corrected chi connectivity index (χ1v) is 9.36. The maximum Gasteiger partial charge on any atom is 0.207 e. The maximum atomic E-state index is 13.9. The first-order chi connectivity index (χ1) is 11.4. The molecule has 1 aliphatic heterocycles. The lowest BCUT2D eigenvalue weighted by atomic mass is 10.2. The number of nitriles is 1. The highest BCUT2D eigenvalue weighted by Gasteiger charge is 2.34. The van der Waals surface area contributed by atoms with Gasteiger partial charge in [0.05, 0.1) is 11.5 Å². The standard InChI is InChI=1S/C15H16FN5O2S/c1-2-20(11-7-8-24(22,23)10-11)15-13(9-17)18-21(19-15)14-6-4-3-5-12(14)16/h3-6,11H,2,7-8,10H2,1H3. The highest BCUT2D eigenvalue weighted by atomic mass is 32.2. The molecule has 24 heavy (non-hydrogen) atoms. The van der Waals surface area contributed by atoms with Crippen LogP contribution in [0.5, 0.6) is 0 Å². The first-order valence-electron chi connectivity index (χ1n) is 7.54. The van der Waals surface area contributed by atoms with Crippen molar-refractivity contribution in [3.05, 3.63) is 35.8 Å². The van der Waals surface area contributed by atoms with Gasteiger partial charge in [-0.1, -0.05) is 12.1 Å². The number of anilines is 1. The average Bonchev–Trinajstić information content (AvgIpc) is 3.12. The highest BCUT2D eigenvalue weighted by molar-refractivity contribution is 7.91. The number of rotatable bonds is 4. The van der Waals surface area contributed by atoms with Crippen LogP contribution in [-0.2, 0) is 9.84 Å². The van der Waals surface area contributed by atoms with Crippen LogP contribution in [0.3, 0.4) is 0 Å². The molecule has 126 valence electrons. The second kappa shape index (κ2) is 6.20. The van der Waals surface area contributed by atoms with Gasteiger partial charge in [-0.05, 0) is 25.5 Å². The Balaban J connectivity index is 2.01. The highest BCUT2D eigenvalue weighted by Crippen LogP contribution is 2.25. The number of halogens is 1. The molecule has 1 atom stereocenters. The fourth-order valence-electron chi connectivity index (χ4n) is 2.89. The van der Waals surface area contributed by atoms with Crippen molar-refractivity contribution in [2.24, 2.45) is 0 Å². The Kier molecular flexibility index (Phi) is 4.24. The first kappa shape index (κ1) is 16.4. The number of para-hydroxylation sites is 1. The van der Waals surface area contributed by atoms with E-state index in [9.17, 15) is 18.1 Å². The van der Waals surface area contributed by atoms with E-state index >= 15 is 0 Å². The molecule has 1 aliphatic rings. The third kappa shape index (κ3) is 2.97. The molecule has 1 unspecified atom stereocenters. The number of hydrogen-bond acceptors (Lipinski definition) is 6. The molecule has 0 radical (unpaired) electrons. The summed E-state index contributed by atoms with van der Waals surface area (Å²) in [4.78, 5) is 2.84. The average molecular weight is 349 g/mol. The lowest BCUT2D eigenvalue weighted by molar-refractivity contribution is 0.592. The van der Waals surface area contributed by atoms with E-state index in [1.165, 1.54) is 12.1 Å². The number of sulfone groups is 1. The van der Waals surface area contributed by atoms with Gasteiger partial charge in [0, 0.05) is 12.6 Å². The Hall–Kier alpha value is -2.47. The van der Waals surface area contributed by atoms with E-state index < -0.39 is 15.7 Å². The molecule has 0 spiro atoms. The van der Waals surface area contributed by atoms with Crippen molar-refractivity contribution in [2.45, 2.75) is 19.4 Å². The predicted molar refractivity (Wildman–Crippen MR) is 86.1 cm³/mol. The van der Waals surface area contributed by atoms with Crippen molar-refractivity contribution in [2.75, 3.05) is 23.0 Å². The van der Waals surface area contributed by atoms with E-state index in [4.69, 9.17) is 0 Å². The molecule has 9 heteroatoms. The molecule has 3 rings (SSSR count). The van der Waals surface area contributed by atoms with Gasteiger partial charge in [0.15, 0.2) is 21.5 Å². The SMILES string of the molecule is CCN(c1nn(-c2ccccc2F)nc1C#N)C1CCS(=O)(=O)C1. The van der Waals surface area contributed by atoms with Crippen LogP contribution < -0.4 is 4.90 Å². The minimum absolute atomic E-state index is 0.0261. The summed E-state index contributed by atoms with van der Waals surface area (Å²) in [7, 11) is -3.07. The normalized spacial score (nSPS) is 19.1. The Labute approximate surface area is 139 Å². The van der Waals surface area contributed by atoms with Gasteiger partial charge < -0.3 is 4.90 Å². The maximum absolute atomic E-state index is 13.9. The zero-order valence-corrected chi connectivity index (χ0v) is 13.9. The number of hydrogen-bond donors (Lipinski definition) is 0. The van der Waals surface area contributed by atoms with Gasteiger partial charge in [0.2, 0.25) is 5.69 Å². The summed E-state index contributed by atoms with van der Waals surface area (Å²) in [5.41, 5.74) is 0.180. The van der Waals surface area contributed by atoms with E-state index in [1.807, 2.05) is 13.0 Å². The van der Waals surface area contributed by atoms with E-state index in [0.717, 1.165) is 4.80 Å². The van der Waals surface area contributed by atoms with E-state index in [0.29, 0.717) is 13.0 Å². The number of aromatic nitrogens is 3. The van der Waals surface area contributed by atoms with Crippen molar-refractivity contribution in [3.8, 4) is 11.8 Å². The van der Waals surface area contributed by atoms with Gasteiger partial charge in [0.1, 0.15) is 11.8 Å². The van der Waals surface area contributed by atoms with Crippen LogP contribution >= 0.6 is 0 Å². The minimum atomic E-state index is -3.07. The molecule has 1 aromatic heterocycles. The van der Waals surface area contributed by atoms with Gasteiger partial charge >= 0.3 is 0 Å². The van der Waals surface area contributed by atoms with Crippen molar-refractivity contribution in [3.63, 3.8) is 0 Å². The molecule has 1 aromatic carbocycles. The molecule has 2 heterocycles. The van der Waals surface area contributed by atoms with E-state index in [1.54, 1.807) is 17.0 Å². The molecule has 1 saturated heterocycles. The fourth-order valence-corrected chi connectivity index (χ4v) is 4.62. The van der Waals surface area contributed by atoms with E-state index in [-0.39, 0.29) is 34.7 Å². The zero-order valence-electron chi connectivity index (χ0n) is 13.1. The predicted octanol–water partition coefficient (Wildman–Crippen LogP) is 1.29. The van der Waals surface area contributed by atoms with Crippen LogP contribution in [-0.4, -0.2) is 47.5 Å². The minimum Gasteiger partial charge on any atom is -0.349 e. The molecule has 0 saturated carbocycles.